The van der Waals surface area contributed by atoms with Crippen LogP contribution in [-0.2, 0) is 0 Å². The highest BCUT2D eigenvalue weighted by molar-refractivity contribution is 5.81. The number of rotatable bonds is 4. The van der Waals surface area contributed by atoms with E-state index < -0.39 is 4.92 Å². The minimum absolute atomic E-state index is 0.126. The number of hydrogen-bond donors (Lipinski definition) is 1. The van der Waals surface area contributed by atoms with Gasteiger partial charge in [0.1, 0.15) is 6.33 Å². The SMILES string of the molecule is Cc1ccccc1-c1ncnc(Nc2c(C)cccc2C)c1[N+](=O)[O-]. The van der Waals surface area contributed by atoms with Crippen LogP contribution in [0, 0.1) is 30.9 Å². The first-order valence-corrected chi connectivity index (χ1v) is 7.87. The summed E-state index contributed by atoms with van der Waals surface area (Å²) in [4.78, 5) is 19.7. The van der Waals surface area contributed by atoms with Crippen LogP contribution in [0.1, 0.15) is 16.7 Å². The molecule has 0 saturated carbocycles. The van der Waals surface area contributed by atoms with Crippen molar-refractivity contribution in [3.63, 3.8) is 0 Å². The lowest BCUT2D eigenvalue weighted by Gasteiger charge is -2.13. The van der Waals surface area contributed by atoms with Gasteiger partial charge in [0.25, 0.3) is 0 Å². The van der Waals surface area contributed by atoms with Crippen LogP contribution >= 0.6 is 0 Å². The third kappa shape index (κ3) is 3.19. The normalized spacial score (nSPS) is 10.5. The average molecular weight is 334 g/mol. The summed E-state index contributed by atoms with van der Waals surface area (Å²) in [6.07, 6.45) is 1.35. The summed E-state index contributed by atoms with van der Waals surface area (Å²) < 4.78 is 0. The van der Waals surface area contributed by atoms with E-state index in [1.165, 1.54) is 6.33 Å². The van der Waals surface area contributed by atoms with Crippen LogP contribution in [0.5, 0.6) is 0 Å². The van der Waals surface area contributed by atoms with Gasteiger partial charge in [-0.3, -0.25) is 10.1 Å². The second kappa shape index (κ2) is 6.68. The molecule has 126 valence electrons. The monoisotopic (exact) mass is 334 g/mol. The van der Waals surface area contributed by atoms with Gasteiger partial charge >= 0.3 is 5.69 Å². The smallest absolute Gasteiger partial charge is 0.334 e. The Labute approximate surface area is 145 Å². The number of nitro groups is 1. The molecule has 3 rings (SSSR count). The number of aryl methyl sites for hydroxylation is 3. The third-order valence-corrected chi connectivity index (χ3v) is 4.13. The Balaban J connectivity index is 2.17. The first-order chi connectivity index (χ1) is 12.0. The van der Waals surface area contributed by atoms with Gasteiger partial charge in [-0.2, -0.15) is 0 Å². The molecular formula is C19H18N4O2. The fraction of sp³-hybridized carbons (Fsp3) is 0.158. The van der Waals surface area contributed by atoms with Gasteiger partial charge in [0.05, 0.1) is 4.92 Å². The number of para-hydroxylation sites is 1. The molecule has 3 aromatic rings. The Morgan fingerprint density at radius 3 is 2.20 bits per heavy atom. The predicted octanol–water partition coefficient (Wildman–Crippen LogP) is 4.72. The van der Waals surface area contributed by atoms with Crippen molar-refractivity contribution < 1.29 is 4.92 Å². The van der Waals surface area contributed by atoms with Crippen molar-refractivity contribution in [1.29, 1.82) is 0 Å². The first-order valence-electron chi connectivity index (χ1n) is 7.87. The van der Waals surface area contributed by atoms with Crippen LogP contribution in [0.25, 0.3) is 11.3 Å². The van der Waals surface area contributed by atoms with Crippen LogP contribution < -0.4 is 5.32 Å². The van der Waals surface area contributed by atoms with E-state index in [2.05, 4.69) is 15.3 Å². The molecule has 0 amide bonds. The molecule has 0 saturated heterocycles. The van der Waals surface area contributed by atoms with Gasteiger partial charge in [-0.25, -0.2) is 9.97 Å². The maximum Gasteiger partial charge on any atom is 0.337 e. The van der Waals surface area contributed by atoms with Crippen molar-refractivity contribution in [3.05, 3.63) is 75.6 Å². The molecule has 0 spiro atoms. The van der Waals surface area contributed by atoms with Crippen molar-refractivity contribution in [1.82, 2.24) is 9.97 Å². The molecule has 0 fully saturated rings. The van der Waals surface area contributed by atoms with Gasteiger partial charge in [-0.1, -0.05) is 42.5 Å². The standard InChI is InChI=1S/C19H18N4O2/c1-12-7-4-5-10-15(12)17-18(23(24)25)19(21-11-20-17)22-16-13(2)8-6-9-14(16)3/h4-11H,1-3H3,(H,20,21,22). The molecular weight excluding hydrogens is 316 g/mol. The van der Waals surface area contributed by atoms with E-state index in [0.29, 0.717) is 5.69 Å². The zero-order chi connectivity index (χ0) is 18.0. The number of anilines is 2. The molecule has 0 aliphatic heterocycles. The second-order valence-electron chi connectivity index (χ2n) is 5.88. The summed E-state index contributed by atoms with van der Waals surface area (Å²) >= 11 is 0. The van der Waals surface area contributed by atoms with Gasteiger partial charge in [0, 0.05) is 11.3 Å². The average Bonchev–Trinajstić information content (AvgIpc) is 2.58. The molecule has 1 N–H and O–H groups in total. The van der Waals surface area contributed by atoms with Crippen LogP contribution in [0.3, 0.4) is 0 Å². The molecule has 0 radical (unpaired) electrons. The van der Waals surface area contributed by atoms with E-state index in [-0.39, 0.29) is 11.5 Å². The fourth-order valence-corrected chi connectivity index (χ4v) is 2.81. The summed E-state index contributed by atoms with van der Waals surface area (Å²) in [6, 6.07) is 13.3. The van der Waals surface area contributed by atoms with Gasteiger partial charge < -0.3 is 5.32 Å². The van der Waals surface area contributed by atoms with Gasteiger partial charge in [-0.05, 0) is 37.5 Å². The lowest BCUT2D eigenvalue weighted by molar-refractivity contribution is -0.383. The molecule has 0 unspecified atom stereocenters. The van der Waals surface area contributed by atoms with E-state index in [0.717, 1.165) is 27.9 Å². The van der Waals surface area contributed by atoms with Crippen molar-refractivity contribution in [2.75, 3.05) is 5.32 Å². The highest BCUT2D eigenvalue weighted by atomic mass is 16.6. The lowest BCUT2D eigenvalue weighted by atomic mass is 10.0. The quantitative estimate of drug-likeness (QED) is 0.551. The number of hydrogen-bond acceptors (Lipinski definition) is 5. The molecule has 2 aromatic carbocycles. The largest absolute Gasteiger partial charge is 0.337 e. The summed E-state index contributed by atoms with van der Waals surface area (Å²) in [6.45, 7) is 5.80. The molecule has 0 aliphatic carbocycles. The van der Waals surface area contributed by atoms with E-state index in [1.54, 1.807) is 0 Å². The van der Waals surface area contributed by atoms with Crippen molar-refractivity contribution in [2.45, 2.75) is 20.8 Å². The van der Waals surface area contributed by atoms with Gasteiger partial charge in [-0.15, -0.1) is 0 Å². The summed E-state index contributed by atoms with van der Waals surface area (Å²) in [5.41, 5.74) is 4.63. The van der Waals surface area contributed by atoms with Crippen molar-refractivity contribution >= 4 is 17.2 Å². The van der Waals surface area contributed by atoms with Gasteiger partial charge in [0.2, 0.25) is 5.82 Å². The fourth-order valence-electron chi connectivity index (χ4n) is 2.81. The molecule has 25 heavy (non-hydrogen) atoms. The molecule has 0 atom stereocenters. The maximum absolute atomic E-state index is 11.8. The zero-order valence-corrected chi connectivity index (χ0v) is 14.3. The first kappa shape index (κ1) is 16.6. The van der Waals surface area contributed by atoms with E-state index in [4.69, 9.17) is 0 Å². The number of nitrogens with one attached hydrogen (secondary N) is 1. The third-order valence-electron chi connectivity index (χ3n) is 4.13. The second-order valence-corrected chi connectivity index (χ2v) is 5.88. The Hall–Kier alpha value is -3.28. The van der Waals surface area contributed by atoms with E-state index in [9.17, 15) is 10.1 Å². The molecule has 0 bridgehead atoms. The Kier molecular flexibility index (Phi) is 4.43. The highest BCUT2D eigenvalue weighted by Gasteiger charge is 2.25. The predicted molar refractivity (Wildman–Crippen MR) is 98.1 cm³/mol. The Morgan fingerprint density at radius 2 is 1.56 bits per heavy atom. The summed E-state index contributed by atoms with van der Waals surface area (Å²) in [7, 11) is 0. The topological polar surface area (TPSA) is 81.0 Å². The number of benzene rings is 2. The minimum Gasteiger partial charge on any atom is -0.334 e. The number of aromatic nitrogens is 2. The van der Waals surface area contributed by atoms with Crippen LogP contribution in [-0.4, -0.2) is 14.9 Å². The number of nitrogens with zero attached hydrogens (tertiary/aromatic N) is 3. The van der Waals surface area contributed by atoms with Crippen LogP contribution in [0.15, 0.2) is 48.8 Å². The summed E-state index contributed by atoms with van der Waals surface area (Å²) in [5.74, 6) is 0.190. The van der Waals surface area contributed by atoms with Crippen LogP contribution in [0.2, 0.25) is 0 Å². The molecule has 6 heteroatoms. The maximum atomic E-state index is 11.8. The lowest BCUT2D eigenvalue weighted by Crippen LogP contribution is -2.05. The molecule has 6 nitrogen and oxygen atoms in total. The molecule has 1 aromatic heterocycles. The Morgan fingerprint density at radius 1 is 0.920 bits per heavy atom. The van der Waals surface area contributed by atoms with E-state index >= 15 is 0 Å². The summed E-state index contributed by atoms with van der Waals surface area (Å²) in [5, 5.41) is 14.9. The molecule has 0 aliphatic rings. The van der Waals surface area contributed by atoms with Crippen molar-refractivity contribution in [3.8, 4) is 11.3 Å². The minimum atomic E-state index is -0.433. The Bertz CT molecular complexity index is 934. The molecule has 1 heterocycles. The van der Waals surface area contributed by atoms with Crippen molar-refractivity contribution in [2.24, 2.45) is 0 Å². The van der Waals surface area contributed by atoms with E-state index in [1.807, 2.05) is 63.2 Å². The highest BCUT2D eigenvalue weighted by Crippen LogP contribution is 2.36. The zero-order valence-electron chi connectivity index (χ0n) is 14.3. The van der Waals surface area contributed by atoms with Gasteiger partial charge in [0.15, 0.2) is 5.69 Å². The van der Waals surface area contributed by atoms with Crippen LogP contribution in [0.4, 0.5) is 17.2 Å².